The summed E-state index contributed by atoms with van der Waals surface area (Å²) >= 11 is 0. The fourth-order valence-corrected chi connectivity index (χ4v) is 3.37. The number of nitrogens with one attached hydrogen (secondary N) is 1. The molecular weight excluding hydrogens is 380 g/mol. The van der Waals surface area contributed by atoms with Crippen LogP contribution < -0.4 is 16.0 Å². The zero-order valence-corrected chi connectivity index (χ0v) is 17.2. The Kier molecular flexibility index (Phi) is 5.67. The van der Waals surface area contributed by atoms with Gasteiger partial charge in [-0.1, -0.05) is 26.0 Å². The molecular formula is C22H26N6O2. The molecule has 0 aliphatic carbocycles. The molecule has 8 heteroatoms. The van der Waals surface area contributed by atoms with Gasteiger partial charge in [0.2, 0.25) is 11.9 Å². The van der Waals surface area contributed by atoms with Crippen molar-refractivity contribution in [3.63, 3.8) is 0 Å². The molecule has 1 saturated heterocycles. The summed E-state index contributed by atoms with van der Waals surface area (Å²) in [4.78, 5) is 19.2. The summed E-state index contributed by atoms with van der Waals surface area (Å²) in [5, 5.41) is 7.35. The predicted molar refractivity (Wildman–Crippen MR) is 117 cm³/mol. The second kappa shape index (κ2) is 8.54. The number of morpholine rings is 1. The van der Waals surface area contributed by atoms with Gasteiger partial charge in [-0.3, -0.25) is 4.79 Å². The minimum Gasteiger partial charge on any atom is -0.378 e. The molecule has 2 heterocycles. The SMILES string of the molecule is CC(C)c1ccc(C(=O)n2nc(Nc3ccc(N4CCOCC4)cc3)nc2N)cc1. The van der Waals surface area contributed by atoms with Crippen molar-refractivity contribution in [1.29, 1.82) is 0 Å². The second-order valence-corrected chi connectivity index (χ2v) is 7.56. The molecule has 0 atom stereocenters. The fourth-order valence-electron chi connectivity index (χ4n) is 3.37. The lowest BCUT2D eigenvalue weighted by Crippen LogP contribution is -2.36. The van der Waals surface area contributed by atoms with E-state index in [9.17, 15) is 4.79 Å². The van der Waals surface area contributed by atoms with Crippen LogP contribution in [-0.4, -0.2) is 47.0 Å². The molecule has 8 nitrogen and oxygen atoms in total. The van der Waals surface area contributed by atoms with Crippen LogP contribution in [-0.2, 0) is 4.74 Å². The molecule has 30 heavy (non-hydrogen) atoms. The van der Waals surface area contributed by atoms with E-state index in [-0.39, 0.29) is 17.8 Å². The Bertz CT molecular complexity index is 1010. The number of hydrogen-bond acceptors (Lipinski definition) is 7. The predicted octanol–water partition coefficient (Wildman–Crippen LogP) is 3.25. The Morgan fingerprint density at radius 1 is 1.07 bits per heavy atom. The Morgan fingerprint density at radius 2 is 1.73 bits per heavy atom. The molecule has 1 aliphatic heterocycles. The van der Waals surface area contributed by atoms with Crippen molar-refractivity contribution in [1.82, 2.24) is 14.8 Å². The van der Waals surface area contributed by atoms with Crippen LogP contribution in [0.5, 0.6) is 0 Å². The highest BCUT2D eigenvalue weighted by Gasteiger charge is 2.17. The lowest BCUT2D eigenvalue weighted by Gasteiger charge is -2.28. The van der Waals surface area contributed by atoms with Gasteiger partial charge in [0.25, 0.3) is 5.91 Å². The number of carbonyl (C=O) groups excluding carboxylic acids is 1. The average Bonchev–Trinajstić information content (AvgIpc) is 3.14. The summed E-state index contributed by atoms with van der Waals surface area (Å²) in [5.74, 6) is 0.404. The maximum Gasteiger partial charge on any atom is 0.281 e. The molecule has 1 aliphatic rings. The van der Waals surface area contributed by atoms with Gasteiger partial charge < -0.3 is 20.7 Å². The number of aromatic nitrogens is 3. The number of nitrogens with two attached hydrogens (primary N) is 1. The van der Waals surface area contributed by atoms with Gasteiger partial charge in [-0.25, -0.2) is 0 Å². The van der Waals surface area contributed by atoms with Gasteiger partial charge in [0, 0.05) is 30.0 Å². The zero-order chi connectivity index (χ0) is 21.1. The van der Waals surface area contributed by atoms with Gasteiger partial charge >= 0.3 is 0 Å². The number of hydrogen-bond donors (Lipinski definition) is 2. The quantitative estimate of drug-likeness (QED) is 0.671. The molecule has 156 valence electrons. The molecule has 0 spiro atoms. The van der Waals surface area contributed by atoms with Crippen molar-refractivity contribution in [2.24, 2.45) is 0 Å². The second-order valence-electron chi connectivity index (χ2n) is 7.56. The lowest BCUT2D eigenvalue weighted by atomic mass is 10.0. The summed E-state index contributed by atoms with van der Waals surface area (Å²) < 4.78 is 6.51. The third-order valence-corrected chi connectivity index (χ3v) is 5.15. The molecule has 0 unspecified atom stereocenters. The normalized spacial score (nSPS) is 14.2. The van der Waals surface area contributed by atoms with E-state index in [0.29, 0.717) is 11.5 Å². The number of carbonyl (C=O) groups is 1. The number of rotatable bonds is 5. The summed E-state index contributed by atoms with van der Waals surface area (Å²) in [6.45, 7) is 7.48. The van der Waals surface area contributed by atoms with Crippen molar-refractivity contribution >= 4 is 29.2 Å². The average molecular weight is 406 g/mol. The van der Waals surface area contributed by atoms with Crippen molar-refractivity contribution in [3.8, 4) is 0 Å². The highest BCUT2D eigenvalue weighted by atomic mass is 16.5. The molecule has 1 aromatic heterocycles. The maximum atomic E-state index is 12.8. The number of nitrogens with zero attached hydrogens (tertiary/aromatic N) is 4. The smallest absolute Gasteiger partial charge is 0.281 e. The van der Waals surface area contributed by atoms with E-state index in [1.54, 1.807) is 12.1 Å². The Balaban J connectivity index is 1.46. The molecule has 4 rings (SSSR count). The van der Waals surface area contributed by atoms with Crippen LogP contribution in [0.1, 0.15) is 35.7 Å². The minimum absolute atomic E-state index is 0.0420. The molecule has 0 bridgehead atoms. The van der Waals surface area contributed by atoms with Gasteiger partial charge in [0.05, 0.1) is 13.2 Å². The van der Waals surface area contributed by atoms with Gasteiger partial charge in [-0.2, -0.15) is 9.67 Å². The Hall–Kier alpha value is -3.39. The maximum absolute atomic E-state index is 12.8. The van der Waals surface area contributed by atoms with E-state index >= 15 is 0 Å². The van der Waals surface area contributed by atoms with Crippen LogP contribution in [0.25, 0.3) is 0 Å². The topological polar surface area (TPSA) is 98.3 Å². The van der Waals surface area contributed by atoms with E-state index in [2.05, 4.69) is 34.1 Å². The van der Waals surface area contributed by atoms with E-state index < -0.39 is 0 Å². The van der Waals surface area contributed by atoms with Crippen LogP contribution in [0, 0.1) is 0 Å². The highest BCUT2D eigenvalue weighted by Crippen LogP contribution is 2.22. The van der Waals surface area contributed by atoms with E-state index in [4.69, 9.17) is 10.5 Å². The van der Waals surface area contributed by atoms with Crippen molar-refractivity contribution in [2.45, 2.75) is 19.8 Å². The van der Waals surface area contributed by atoms with Gasteiger partial charge in [-0.15, -0.1) is 5.10 Å². The highest BCUT2D eigenvalue weighted by molar-refractivity contribution is 5.96. The minimum atomic E-state index is -0.314. The van der Waals surface area contributed by atoms with E-state index in [0.717, 1.165) is 42.4 Å². The van der Waals surface area contributed by atoms with Crippen LogP contribution in [0.2, 0.25) is 0 Å². The molecule has 3 N–H and O–H groups in total. The van der Waals surface area contributed by atoms with E-state index in [1.165, 1.54) is 5.56 Å². The molecule has 0 radical (unpaired) electrons. The molecule has 3 aromatic rings. The largest absolute Gasteiger partial charge is 0.378 e. The summed E-state index contributed by atoms with van der Waals surface area (Å²) in [6.07, 6.45) is 0. The molecule has 0 saturated carbocycles. The van der Waals surface area contributed by atoms with Crippen LogP contribution in [0.15, 0.2) is 48.5 Å². The molecule has 1 fully saturated rings. The van der Waals surface area contributed by atoms with E-state index in [1.807, 2.05) is 36.4 Å². The first-order chi connectivity index (χ1) is 14.5. The lowest BCUT2D eigenvalue weighted by molar-refractivity contribution is 0.0948. The summed E-state index contributed by atoms with van der Waals surface area (Å²) in [7, 11) is 0. The Morgan fingerprint density at radius 3 is 2.37 bits per heavy atom. The summed E-state index contributed by atoms with van der Waals surface area (Å²) in [5.41, 5.74) is 9.58. The van der Waals surface area contributed by atoms with Gasteiger partial charge in [0.15, 0.2) is 0 Å². The van der Waals surface area contributed by atoms with Crippen molar-refractivity contribution in [2.75, 3.05) is 42.3 Å². The van der Waals surface area contributed by atoms with Crippen LogP contribution in [0.3, 0.4) is 0 Å². The van der Waals surface area contributed by atoms with Crippen LogP contribution >= 0.6 is 0 Å². The zero-order valence-electron chi connectivity index (χ0n) is 17.2. The standard InChI is InChI=1S/C22H26N6O2/c1-15(2)16-3-5-17(6-4-16)20(29)28-21(23)25-22(26-28)24-18-7-9-19(10-8-18)27-11-13-30-14-12-27/h3-10,15H,11-14H2,1-2H3,(H3,23,24,25,26). The van der Waals surface area contributed by atoms with Gasteiger partial charge in [-0.05, 0) is 47.9 Å². The molecule has 2 aromatic carbocycles. The molecule has 0 amide bonds. The number of benzene rings is 2. The van der Waals surface area contributed by atoms with Crippen LogP contribution in [0.4, 0.5) is 23.3 Å². The third kappa shape index (κ3) is 4.28. The van der Waals surface area contributed by atoms with Crippen molar-refractivity contribution < 1.29 is 9.53 Å². The number of ether oxygens (including phenoxy) is 1. The van der Waals surface area contributed by atoms with Crippen molar-refractivity contribution in [3.05, 3.63) is 59.7 Å². The Labute approximate surface area is 175 Å². The third-order valence-electron chi connectivity index (χ3n) is 5.15. The monoisotopic (exact) mass is 406 g/mol. The summed E-state index contributed by atoms with van der Waals surface area (Å²) in [6, 6.07) is 15.4. The first-order valence-electron chi connectivity index (χ1n) is 10.1. The number of nitrogen functional groups attached to an aromatic ring is 1. The van der Waals surface area contributed by atoms with Gasteiger partial charge in [0.1, 0.15) is 0 Å². The first kappa shape index (κ1) is 19.9. The fraction of sp³-hybridized carbons (Fsp3) is 0.318. The first-order valence-corrected chi connectivity index (χ1v) is 10.1. The number of anilines is 4.